The van der Waals surface area contributed by atoms with Gasteiger partial charge in [-0.05, 0) is 49.9 Å². The molecule has 1 saturated heterocycles. The molecule has 172 valence electrons. The maximum Gasteiger partial charge on any atom is 0.328 e. The Bertz CT molecular complexity index is 536. The van der Waals surface area contributed by atoms with Crippen molar-refractivity contribution >= 4 is 5.97 Å². The van der Waals surface area contributed by atoms with Crippen LogP contribution in [0.1, 0.15) is 110 Å². The monoisotopic (exact) mass is 421 g/mol. The lowest BCUT2D eigenvalue weighted by molar-refractivity contribution is -0.223. The zero-order chi connectivity index (χ0) is 21.9. The average Bonchev–Trinajstić information content (AvgIpc) is 2.80. The van der Waals surface area contributed by atoms with E-state index in [1.165, 1.54) is 51.4 Å². The summed E-state index contributed by atoms with van der Waals surface area (Å²) in [7, 11) is 0. The summed E-state index contributed by atoms with van der Waals surface area (Å²) in [4.78, 5) is 10.8. The smallest absolute Gasteiger partial charge is 0.328 e. The Labute approximate surface area is 183 Å². The Morgan fingerprint density at radius 3 is 2.10 bits per heavy atom. The van der Waals surface area contributed by atoms with Crippen LogP contribution in [0.5, 0.6) is 0 Å². The molecule has 0 bridgehead atoms. The molecule has 0 unspecified atom stereocenters. The highest BCUT2D eigenvalue weighted by Gasteiger charge is 2.44. The van der Waals surface area contributed by atoms with Crippen molar-refractivity contribution in [1.29, 1.82) is 5.26 Å². The first kappa shape index (κ1) is 25.1. The van der Waals surface area contributed by atoms with Crippen molar-refractivity contribution in [2.75, 3.05) is 13.2 Å². The fraction of sp³-hybridized carbons (Fsp3) is 0.920. The zero-order valence-corrected chi connectivity index (χ0v) is 19.3. The van der Waals surface area contributed by atoms with Crippen molar-refractivity contribution in [2.24, 2.45) is 16.7 Å². The number of carboxylic acids is 1. The largest absolute Gasteiger partial charge is 0.480 e. The topological polar surface area (TPSA) is 79.5 Å². The highest BCUT2D eigenvalue weighted by molar-refractivity contribution is 5.78. The minimum Gasteiger partial charge on any atom is -0.480 e. The molecule has 1 N–H and O–H groups in total. The number of ether oxygens (including phenoxy) is 2. The fourth-order valence-electron chi connectivity index (χ4n) is 5.56. The van der Waals surface area contributed by atoms with Gasteiger partial charge in [-0.15, -0.1) is 0 Å². The molecule has 3 fully saturated rings. The van der Waals surface area contributed by atoms with E-state index in [-0.39, 0.29) is 19.5 Å². The summed E-state index contributed by atoms with van der Waals surface area (Å²) in [6.45, 7) is 4.15. The Hall–Kier alpha value is -1.12. The molecule has 0 aromatic rings. The van der Waals surface area contributed by atoms with Crippen molar-refractivity contribution in [3.63, 3.8) is 0 Å². The van der Waals surface area contributed by atoms with Crippen molar-refractivity contribution in [2.45, 2.75) is 116 Å². The molecule has 1 heterocycles. The molecule has 0 aromatic carbocycles. The van der Waals surface area contributed by atoms with E-state index in [4.69, 9.17) is 19.8 Å². The van der Waals surface area contributed by atoms with Crippen LogP contribution < -0.4 is 0 Å². The van der Waals surface area contributed by atoms with Crippen LogP contribution in [0.15, 0.2) is 0 Å². The maximum absolute atomic E-state index is 10.8. The Balaban J connectivity index is 0.000000216. The predicted octanol–water partition coefficient (Wildman–Crippen LogP) is 6.46. The second-order valence-electron chi connectivity index (χ2n) is 9.70. The van der Waals surface area contributed by atoms with Gasteiger partial charge < -0.3 is 14.6 Å². The first-order valence-electron chi connectivity index (χ1n) is 12.4. The van der Waals surface area contributed by atoms with Crippen LogP contribution in [0.2, 0.25) is 0 Å². The van der Waals surface area contributed by atoms with Crippen molar-refractivity contribution < 1.29 is 19.4 Å². The summed E-state index contributed by atoms with van der Waals surface area (Å²) in [5.74, 6) is -0.0805. The van der Waals surface area contributed by atoms with Gasteiger partial charge in [-0.25, -0.2) is 0 Å². The summed E-state index contributed by atoms with van der Waals surface area (Å²) in [6, 6.07) is 1.73. The minimum absolute atomic E-state index is 0.0938. The van der Waals surface area contributed by atoms with Crippen molar-refractivity contribution in [3.8, 4) is 6.07 Å². The number of carbonyl (C=O) groups is 1. The van der Waals surface area contributed by atoms with Gasteiger partial charge in [-0.1, -0.05) is 71.6 Å². The molecule has 0 aromatic heterocycles. The fourth-order valence-corrected chi connectivity index (χ4v) is 5.56. The highest BCUT2D eigenvalue weighted by Crippen LogP contribution is 2.51. The van der Waals surface area contributed by atoms with Crippen LogP contribution in [-0.2, 0) is 14.3 Å². The van der Waals surface area contributed by atoms with Crippen LogP contribution in [0.25, 0.3) is 0 Å². The molecule has 3 rings (SSSR count). The molecule has 0 radical (unpaired) electrons. The van der Waals surface area contributed by atoms with Crippen LogP contribution >= 0.6 is 0 Å². The molecule has 5 nitrogen and oxygen atoms in total. The van der Waals surface area contributed by atoms with E-state index in [9.17, 15) is 4.79 Å². The van der Waals surface area contributed by atoms with Gasteiger partial charge in [0.05, 0.1) is 19.3 Å². The van der Waals surface area contributed by atoms with Gasteiger partial charge in [0.2, 0.25) is 5.41 Å². The van der Waals surface area contributed by atoms with Gasteiger partial charge >= 0.3 is 5.97 Å². The molecule has 0 spiro atoms. The second kappa shape index (κ2) is 12.7. The summed E-state index contributed by atoms with van der Waals surface area (Å²) >= 11 is 0. The molecular formula is C25H43NO4. The lowest BCUT2D eigenvalue weighted by atomic mass is 9.60. The number of hydrogen-bond acceptors (Lipinski definition) is 4. The van der Waals surface area contributed by atoms with E-state index >= 15 is 0 Å². The molecule has 2 saturated carbocycles. The molecule has 0 atom stereocenters. The molecule has 2 aliphatic carbocycles. The van der Waals surface area contributed by atoms with Crippen LogP contribution in [0.3, 0.4) is 0 Å². The van der Waals surface area contributed by atoms with Crippen molar-refractivity contribution in [1.82, 2.24) is 0 Å². The first-order valence-corrected chi connectivity index (χ1v) is 12.4. The quantitative estimate of drug-likeness (QED) is 0.510. The Kier molecular flexibility index (Phi) is 10.6. The van der Waals surface area contributed by atoms with E-state index < -0.39 is 11.4 Å². The Morgan fingerprint density at radius 1 is 1.00 bits per heavy atom. The van der Waals surface area contributed by atoms with Crippen LogP contribution in [-0.4, -0.2) is 30.6 Å². The molecule has 5 heteroatoms. The summed E-state index contributed by atoms with van der Waals surface area (Å²) in [6.07, 6.45) is 21.1. The summed E-state index contributed by atoms with van der Waals surface area (Å²) in [5.41, 5.74) is -0.723. The number of carboxylic acid groups (broad SMARTS) is 1. The van der Waals surface area contributed by atoms with E-state index in [0.29, 0.717) is 0 Å². The average molecular weight is 422 g/mol. The van der Waals surface area contributed by atoms with E-state index in [1.807, 2.05) is 6.92 Å². The van der Waals surface area contributed by atoms with Gasteiger partial charge in [0.1, 0.15) is 0 Å². The lowest BCUT2D eigenvalue weighted by Gasteiger charge is -2.46. The van der Waals surface area contributed by atoms with Gasteiger partial charge in [-0.3, -0.25) is 4.79 Å². The standard InChI is InChI=1S/C16H30.C9H13NO4/c1-2-3-12-16(13-8-5-9-14-16)15-10-6-4-7-11-15;1-2-3-7-13-5-9(4-10,6-14-7)8(11)12/h15H,2-14H2,1H3;7H,2-3,5-6H2,1H3,(H,11,12)/t;7-,9+. The number of nitriles is 1. The third-order valence-electron chi connectivity index (χ3n) is 7.53. The van der Waals surface area contributed by atoms with E-state index in [1.54, 1.807) is 38.2 Å². The number of rotatable bonds is 7. The van der Waals surface area contributed by atoms with Gasteiger partial charge in [0.25, 0.3) is 0 Å². The zero-order valence-electron chi connectivity index (χ0n) is 19.3. The number of aliphatic carboxylic acids is 1. The predicted molar refractivity (Wildman–Crippen MR) is 118 cm³/mol. The SMILES string of the molecule is CCCCC1(C2CCCCC2)CCCCC1.CCC[C@H]1OC[C@@](C#N)(C(=O)O)CO1. The highest BCUT2D eigenvalue weighted by atomic mass is 16.7. The van der Waals surface area contributed by atoms with Gasteiger partial charge in [-0.2, -0.15) is 5.26 Å². The number of unbranched alkanes of at least 4 members (excludes halogenated alkanes) is 1. The molecular weight excluding hydrogens is 378 g/mol. The van der Waals surface area contributed by atoms with Crippen LogP contribution in [0.4, 0.5) is 0 Å². The second-order valence-corrected chi connectivity index (χ2v) is 9.70. The van der Waals surface area contributed by atoms with E-state index in [0.717, 1.165) is 24.2 Å². The van der Waals surface area contributed by atoms with E-state index in [2.05, 4.69) is 6.92 Å². The maximum atomic E-state index is 10.8. The summed E-state index contributed by atoms with van der Waals surface area (Å²) < 4.78 is 10.3. The Morgan fingerprint density at radius 2 is 1.60 bits per heavy atom. The third kappa shape index (κ3) is 6.69. The molecule has 0 amide bonds. The summed E-state index contributed by atoms with van der Waals surface area (Å²) in [5, 5.41) is 17.6. The normalized spacial score (nSPS) is 29.3. The van der Waals surface area contributed by atoms with Gasteiger partial charge in [0, 0.05) is 0 Å². The lowest BCUT2D eigenvalue weighted by Crippen LogP contribution is -2.46. The van der Waals surface area contributed by atoms with Crippen LogP contribution in [0, 0.1) is 28.1 Å². The minimum atomic E-state index is -1.52. The number of nitrogens with zero attached hydrogens (tertiary/aromatic N) is 1. The number of hydrogen-bond donors (Lipinski definition) is 1. The first-order chi connectivity index (χ1) is 14.5. The molecule has 1 aliphatic heterocycles. The van der Waals surface area contributed by atoms with Crippen molar-refractivity contribution in [3.05, 3.63) is 0 Å². The molecule has 30 heavy (non-hydrogen) atoms. The van der Waals surface area contributed by atoms with Gasteiger partial charge in [0.15, 0.2) is 6.29 Å². The molecule has 3 aliphatic rings. The third-order valence-corrected chi connectivity index (χ3v) is 7.53.